The van der Waals surface area contributed by atoms with Crippen LogP contribution in [0.5, 0.6) is 0 Å². The quantitative estimate of drug-likeness (QED) is 0.472. The fourth-order valence-electron chi connectivity index (χ4n) is 0.989. The summed E-state index contributed by atoms with van der Waals surface area (Å²) in [6, 6.07) is 2.01. The van der Waals surface area contributed by atoms with Crippen LogP contribution in [0.2, 0.25) is 0 Å². The maximum absolute atomic E-state index is 5.59. The largest absolute Gasteiger partial charge is 0.474 e. The highest BCUT2D eigenvalue weighted by Crippen LogP contribution is 2.22. The number of thiophene rings is 1. The van der Waals surface area contributed by atoms with Crippen LogP contribution in [0, 0.1) is 0 Å². The smallest absolute Gasteiger partial charge is 0.185 e. The van der Waals surface area contributed by atoms with Gasteiger partial charge in [0, 0.05) is 19.3 Å². The van der Waals surface area contributed by atoms with Crippen molar-refractivity contribution in [2.45, 2.75) is 6.61 Å². The predicted octanol–water partition coefficient (Wildman–Crippen LogP) is 1.97. The second kappa shape index (κ2) is 6.43. The molecule has 0 aromatic carbocycles. The first kappa shape index (κ1) is 12.0. The maximum atomic E-state index is 5.59. The average molecular weight is 243 g/mol. The first-order valence-electron chi connectivity index (χ1n) is 4.34. The zero-order chi connectivity index (χ0) is 11.1. The van der Waals surface area contributed by atoms with Gasteiger partial charge in [-0.3, -0.25) is 4.76 Å². The molecule has 1 aromatic heterocycles. The van der Waals surface area contributed by atoms with Crippen molar-refractivity contribution in [3.8, 4) is 0 Å². The fourth-order valence-corrected chi connectivity index (χ4v) is 1.87. The van der Waals surface area contributed by atoms with Crippen LogP contribution < -0.4 is 11.1 Å². The van der Waals surface area contributed by atoms with Crippen LogP contribution in [-0.2, 0) is 11.3 Å². The van der Waals surface area contributed by atoms with Crippen LogP contribution in [0.4, 0.5) is 5.69 Å². The average Bonchev–Trinajstić information content (AvgIpc) is 2.70. The highest BCUT2D eigenvalue weighted by Gasteiger charge is 2.02. The Balaban J connectivity index is 2.50. The zero-order valence-electron chi connectivity index (χ0n) is 8.43. The number of ether oxygens (including phenoxy) is 1. The summed E-state index contributed by atoms with van der Waals surface area (Å²) in [5.74, 6) is 0.358. The van der Waals surface area contributed by atoms with Gasteiger partial charge < -0.3 is 15.8 Å². The van der Waals surface area contributed by atoms with Gasteiger partial charge in [-0.1, -0.05) is 0 Å². The Kier molecular flexibility index (Phi) is 5.15. The second-order valence-electron chi connectivity index (χ2n) is 2.66. The van der Waals surface area contributed by atoms with Gasteiger partial charge in [-0.2, -0.15) is 0 Å². The van der Waals surface area contributed by atoms with E-state index in [0.29, 0.717) is 12.5 Å². The lowest BCUT2D eigenvalue weighted by molar-refractivity contribution is 0.200. The van der Waals surface area contributed by atoms with Crippen LogP contribution in [0.1, 0.15) is 4.88 Å². The van der Waals surface area contributed by atoms with Crippen LogP contribution >= 0.6 is 20.7 Å². The topological polar surface area (TPSA) is 59.6 Å². The van der Waals surface area contributed by atoms with Crippen molar-refractivity contribution in [1.82, 2.24) is 0 Å². The summed E-state index contributed by atoms with van der Waals surface area (Å²) in [5, 5.41) is 5.09. The fraction of sp³-hybridized carbons (Fsp3) is 0.222. The normalized spacial score (nSPS) is 12.0. The molecule has 0 bridgehead atoms. The number of nitrogens with two attached hydrogens (primary N) is 1. The van der Waals surface area contributed by atoms with E-state index in [2.05, 4.69) is 19.5 Å². The molecule has 0 spiro atoms. The summed E-state index contributed by atoms with van der Waals surface area (Å²) in [5.41, 5.74) is 6.67. The van der Waals surface area contributed by atoms with Gasteiger partial charge in [-0.25, -0.2) is 0 Å². The van der Waals surface area contributed by atoms with Gasteiger partial charge >= 0.3 is 0 Å². The van der Waals surface area contributed by atoms with Gasteiger partial charge in [0.1, 0.15) is 6.61 Å². The molecular formula is C9H14N3OPS. The number of hydrogen-bond acceptors (Lipinski definition) is 5. The van der Waals surface area contributed by atoms with Crippen LogP contribution in [0.3, 0.4) is 0 Å². The molecule has 1 aromatic rings. The van der Waals surface area contributed by atoms with E-state index in [1.54, 1.807) is 23.6 Å². The van der Waals surface area contributed by atoms with Crippen molar-refractivity contribution in [1.29, 1.82) is 0 Å². The van der Waals surface area contributed by atoms with Crippen LogP contribution in [0.25, 0.3) is 0 Å². The summed E-state index contributed by atoms with van der Waals surface area (Å²) in [7, 11) is 4.10. The standard InChI is InChI=1S/C9H14N3OPS/c1-11-7-3-5-15-8(7)6-13-9(10)2-4-12-14/h2-5,11H,6,10,14H2,1H3. The van der Waals surface area contributed by atoms with Crippen LogP contribution in [0.15, 0.2) is 28.2 Å². The molecule has 82 valence electrons. The molecule has 3 N–H and O–H groups in total. The SMILES string of the molecule is CNc1ccsc1COC(N)=CC=NP. The summed E-state index contributed by atoms with van der Waals surface area (Å²) >= 11 is 1.63. The van der Waals surface area contributed by atoms with E-state index in [-0.39, 0.29) is 0 Å². The molecule has 1 unspecified atom stereocenters. The van der Waals surface area contributed by atoms with Gasteiger partial charge in [0.05, 0.1) is 10.6 Å². The third kappa shape index (κ3) is 3.90. The van der Waals surface area contributed by atoms with E-state index >= 15 is 0 Å². The molecule has 1 atom stereocenters. The Morgan fingerprint density at radius 2 is 2.60 bits per heavy atom. The second-order valence-corrected chi connectivity index (χ2v) is 3.96. The van der Waals surface area contributed by atoms with E-state index in [1.807, 2.05) is 18.5 Å². The molecule has 4 nitrogen and oxygen atoms in total. The van der Waals surface area contributed by atoms with Crippen molar-refractivity contribution in [3.05, 3.63) is 28.3 Å². The Bertz CT molecular complexity index is 362. The molecule has 0 radical (unpaired) electrons. The van der Waals surface area contributed by atoms with E-state index in [4.69, 9.17) is 10.5 Å². The third-order valence-electron chi connectivity index (χ3n) is 1.71. The van der Waals surface area contributed by atoms with Gasteiger partial charge in [-0.15, -0.1) is 11.3 Å². The molecule has 1 rings (SSSR count). The zero-order valence-corrected chi connectivity index (χ0v) is 10.4. The minimum absolute atomic E-state index is 0.358. The number of rotatable bonds is 5. The van der Waals surface area contributed by atoms with Gasteiger partial charge in [0.25, 0.3) is 0 Å². The summed E-state index contributed by atoms with van der Waals surface area (Å²) in [6.07, 6.45) is 3.17. The van der Waals surface area contributed by atoms with Crippen molar-refractivity contribution in [3.63, 3.8) is 0 Å². The van der Waals surface area contributed by atoms with Crippen molar-refractivity contribution >= 4 is 32.6 Å². The molecular weight excluding hydrogens is 229 g/mol. The molecule has 6 heteroatoms. The number of nitrogens with one attached hydrogen (secondary N) is 1. The number of hydrogen-bond donors (Lipinski definition) is 2. The summed E-state index contributed by atoms with van der Waals surface area (Å²) in [6.45, 7) is 0.473. The first-order valence-corrected chi connectivity index (χ1v) is 5.73. The lowest BCUT2D eigenvalue weighted by Crippen LogP contribution is -2.03. The van der Waals surface area contributed by atoms with Gasteiger partial charge in [0.15, 0.2) is 5.88 Å². The van der Waals surface area contributed by atoms with Crippen molar-refractivity contribution < 1.29 is 4.74 Å². The maximum Gasteiger partial charge on any atom is 0.185 e. The molecule has 0 fully saturated rings. The molecule has 0 amide bonds. The lowest BCUT2D eigenvalue weighted by Gasteiger charge is -2.05. The first-order chi connectivity index (χ1) is 7.27. The van der Waals surface area contributed by atoms with E-state index in [0.717, 1.165) is 10.6 Å². The van der Waals surface area contributed by atoms with Crippen LogP contribution in [-0.4, -0.2) is 13.3 Å². The molecule has 0 aliphatic carbocycles. The Morgan fingerprint density at radius 1 is 1.80 bits per heavy atom. The Labute approximate surface area is 95.5 Å². The minimum Gasteiger partial charge on any atom is -0.474 e. The van der Waals surface area contributed by atoms with E-state index in [1.165, 1.54) is 0 Å². The number of nitrogens with zero attached hydrogens (tertiary/aromatic N) is 1. The van der Waals surface area contributed by atoms with Gasteiger partial charge in [-0.05, 0) is 20.8 Å². The molecule has 0 aliphatic rings. The highest BCUT2D eigenvalue weighted by atomic mass is 32.1. The van der Waals surface area contributed by atoms with E-state index < -0.39 is 0 Å². The van der Waals surface area contributed by atoms with Gasteiger partial charge in [0.2, 0.25) is 0 Å². The third-order valence-corrected chi connectivity index (χ3v) is 2.78. The summed E-state index contributed by atoms with van der Waals surface area (Å²) < 4.78 is 9.04. The molecule has 15 heavy (non-hydrogen) atoms. The Morgan fingerprint density at radius 3 is 3.27 bits per heavy atom. The Hall–Kier alpha value is -1.06. The van der Waals surface area contributed by atoms with E-state index in [9.17, 15) is 0 Å². The number of allylic oxidation sites excluding steroid dienone is 1. The highest BCUT2D eigenvalue weighted by molar-refractivity contribution is 7.15. The molecule has 1 heterocycles. The molecule has 0 saturated carbocycles. The molecule has 0 saturated heterocycles. The van der Waals surface area contributed by atoms with Crippen molar-refractivity contribution in [2.75, 3.05) is 12.4 Å². The number of anilines is 1. The van der Waals surface area contributed by atoms with Crippen molar-refractivity contribution in [2.24, 2.45) is 10.5 Å². The minimum atomic E-state index is 0.358. The summed E-state index contributed by atoms with van der Waals surface area (Å²) in [4.78, 5) is 1.12. The monoisotopic (exact) mass is 243 g/mol. The lowest BCUT2D eigenvalue weighted by atomic mass is 10.4. The predicted molar refractivity (Wildman–Crippen MR) is 69.1 cm³/mol. The molecule has 0 aliphatic heterocycles.